The molecule has 0 aromatic heterocycles. The highest BCUT2D eigenvalue weighted by Gasteiger charge is 2.43. The van der Waals surface area contributed by atoms with Crippen LogP contribution >= 0.6 is 0 Å². The molecule has 2 fully saturated rings. The van der Waals surface area contributed by atoms with Crippen LogP contribution in [0, 0.1) is 5.82 Å². The molecule has 1 unspecified atom stereocenters. The van der Waals surface area contributed by atoms with Crippen LogP contribution in [0.4, 0.5) is 15.8 Å². The molecule has 184 valence electrons. The first-order chi connectivity index (χ1) is 17.4. The summed E-state index contributed by atoms with van der Waals surface area (Å²) < 4.78 is 18.4. The minimum Gasteiger partial charge on any atom is -0.497 e. The highest BCUT2D eigenvalue weighted by Crippen LogP contribution is 2.27. The number of hydrogen-bond donors (Lipinski definition) is 0. The van der Waals surface area contributed by atoms with Gasteiger partial charge < -0.3 is 9.64 Å². The first kappa shape index (κ1) is 23.7. The third kappa shape index (κ3) is 4.59. The Morgan fingerprint density at radius 1 is 0.806 bits per heavy atom. The van der Waals surface area contributed by atoms with Gasteiger partial charge in [0.25, 0.3) is 5.91 Å². The van der Waals surface area contributed by atoms with Gasteiger partial charge >= 0.3 is 0 Å². The Morgan fingerprint density at radius 2 is 1.36 bits per heavy atom. The predicted octanol–water partition coefficient (Wildman–Crippen LogP) is 3.52. The molecule has 36 heavy (non-hydrogen) atoms. The van der Waals surface area contributed by atoms with E-state index in [1.54, 1.807) is 31.4 Å². The van der Waals surface area contributed by atoms with E-state index in [1.165, 1.54) is 24.3 Å². The van der Waals surface area contributed by atoms with Gasteiger partial charge in [-0.1, -0.05) is 0 Å². The summed E-state index contributed by atoms with van der Waals surface area (Å²) >= 11 is 0. The largest absolute Gasteiger partial charge is 0.497 e. The summed E-state index contributed by atoms with van der Waals surface area (Å²) in [4.78, 5) is 43.8. The number of ketones is 1. The fraction of sp³-hybridized carbons (Fsp3) is 0.250. The molecule has 7 nitrogen and oxygen atoms in total. The van der Waals surface area contributed by atoms with Crippen molar-refractivity contribution in [3.8, 4) is 5.75 Å². The minimum absolute atomic E-state index is 0.0517. The molecule has 1 atom stereocenters. The average Bonchev–Trinajstić information content (AvgIpc) is 3.22. The number of imide groups is 1. The van der Waals surface area contributed by atoms with Gasteiger partial charge in [-0.15, -0.1) is 0 Å². The average molecular weight is 488 g/mol. The summed E-state index contributed by atoms with van der Waals surface area (Å²) in [6, 6.07) is 19.5. The molecule has 0 bridgehead atoms. The fourth-order valence-corrected chi connectivity index (χ4v) is 4.79. The second kappa shape index (κ2) is 9.91. The van der Waals surface area contributed by atoms with E-state index in [2.05, 4.69) is 4.90 Å². The molecule has 8 heteroatoms. The van der Waals surface area contributed by atoms with E-state index in [0.29, 0.717) is 48.7 Å². The van der Waals surface area contributed by atoms with Crippen LogP contribution in [-0.4, -0.2) is 61.8 Å². The van der Waals surface area contributed by atoms with Crippen LogP contribution in [0.2, 0.25) is 0 Å². The number of nitrogens with zero attached hydrogens (tertiary/aromatic N) is 3. The van der Waals surface area contributed by atoms with Crippen LogP contribution in [-0.2, 0) is 9.59 Å². The van der Waals surface area contributed by atoms with Gasteiger partial charge in [-0.3, -0.25) is 19.3 Å². The number of hydrogen-bond acceptors (Lipinski definition) is 6. The first-order valence-corrected chi connectivity index (χ1v) is 11.8. The SMILES string of the molecule is COc1ccc(C(=O)c2ccc(N3CCN(C4CC(=O)N(c5ccc(F)cc5)C4=O)CC3)cc2)cc1. The summed E-state index contributed by atoms with van der Waals surface area (Å²) in [6.07, 6.45) is 0.123. The number of piperazine rings is 1. The minimum atomic E-state index is -0.505. The molecule has 0 N–H and O–H groups in total. The molecule has 3 aromatic carbocycles. The number of anilines is 2. The maximum atomic E-state index is 13.3. The van der Waals surface area contributed by atoms with Crippen molar-refractivity contribution < 1.29 is 23.5 Å². The molecule has 0 aliphatic carbocycles. The Morgan fingerprint density at radius 3 is 1.94 bits per heavy atom. The Kier molecular flexibility index (Phi) is 6.52. The Balaban J connectivity index is 1.20. The quantitative estimate of drug-likeness (QED) is 0.392. The number of carbonyl (C=O) groups is 3. The van der Waals surface area contributed by atoms with Gasteiger partial charge in [0.1, 0.15) is 11.6 Å². The van der Waals surface area contributed by atoms with Crippen molar-refractivity contribution in [1.29, 1.82) is 0 Å². The summed E-state index contributed by atoms with van der Waals surface area (Å²) in [5.74, 6) is -0.293. The van der Waals surface area contributed by atoms with E-state index in [0.717, 1.165) is 10.6 Å². The number of methoxy groups -OCH3 is 1. The van der Waals surface area contributed by atoms with Crippen LogP contribution in [0.5, 0.6) is 5.75 Å². The first-order valence-electron chi connectivity index (χ1n) is 11.8. The lowest BCUT2D eigenvalue weighted by Crippen LogP contribution is -2.52. The van der Waals surface area contributed by atoms with Crippen molar-refractivity contribution in [2.45, 2.75) is 12.5 Å². The molecule has 0 spiro atoms. The molecule has 2 aliphatic heterocycles. The monoisotopic (exact) mass is 487 g/mol. The number of ether oxygens (including phenoxy) is 1. The normalized spacial score (nSPS) is 18.6. The molecule has 2 heterocycles. The Bertz CT molecular complexity index is 1270. The maximum Gasteiger partial charge on any atom is 0.251 e. The van der Waals surface area contributed by atoms with E-state index in [4.69, 9.17) is 4.74 Å². The second-order valence-electron chi connectivity index (χ2n) is 8.89. The zero-order valence-electron chi connectivity index (χ0n) is 19.9. The lowest BCUT2D eigenvalue weighted by atomic mass is 10.0. The number of benzene rings is 3. The zero-order valence-corrected chi connectivity index (χ0v) is 19.9. The third-order valence-corrected chi connectivity index (χ3v) is 6.81. The van der Waals surface area contributed by atoms with Crippen molar-refractivity contribution in [1.82, 2.24) is 4.90 Å². The summed E-state index contributed by atoms with van der Waals surface area (Å²) in [7, 11) is 1.59. The lowest BCUT2D eigenvalue weighted by Gasteiger charge is -2.38. The molecule has 3 aromatic rings. The van der Waals surface area contributed by atoms with E-state index in [9.17, 15) is 18.8 Å². The van der Waals surface area contributed by atoms with E-state index in [1.807, 2.05) is 29.2 Å². The van der Waals surface area contributed by atoms with Gasteiger partial charge in [0.2, 0.25) is 5.91 Å². The van der Waals surface area contributed by atoms with Crippen LogP contribution in [0.3, 0.4) is 0 Å². The van der Waals surface area contributed by atoms with E-state index in [-0.39, 0.29) is 24.0 Å². The van der Waals surface area contributed by atoms with Crippen LogP contribution < -0.4 is 14.5 Å². The molecule has 0 saturated carbocycles. The molecule has 5 rings (SSSR count). The van der Waals surface area contributed by atoms with Crippen molar-refractivity contribution in [3.63, 3.8) is 0 Å². The number of carbonyl (C=O) groups excluding carboxylic acids is 3. The topological polar surface area (TPSA) is 70.2 Å². The number of halogens is 1. The maximum absolute atomic E-state index is 13.3. The van der Waals surface area contributed by atoms with Crippen LogP contribution in [0.1, 0.15) is 22.3 Å². The van der Waals surface area contributed by atoms with Gasteiger partial charge in [0, 0.05) is 43.0 Å². The number of rotatable bonds is 6. The van der Waals surface area contributed by atoms with Gasteiger partial charge in [0.05, 0.1) is 25.3 Å². The van der Waals surface area contributed by atoms with Crippen molar-refractivity contribution in [2.24, 2.45) is 0 Å². The lowest BCUT2D eigenvalue weighted by molar-refractivity contribution is -0.123. The number of amides is 2. The van der Waals surface area contributed by atoms with Crippen LogP contribution in [0.25, 0.3) is 0 Å². The van der Waals surface area contributed by atoms with Crippen molar-refractivity contribution in [2.75, 3.05) is 43.1 Å². The Labute approximate surface area is 208 Å². The molecular weight excluding hydrogens is 461 g/mol. The fourth-order valence-electron chi connectivity index (χ4n) is 4.79. The van der Waals surface area contributed by atoms with E-state index < -0.39 is 11.9 Å². The smallest absolute Gasteiger partial charge is 0.251 e. The van der Waals surface area contributed by atoms with Gasteiger partial charge in [-0.05, 0) is 72.8 Å². The third-order valence-electron chi connectivity index (χ3n) is 6.81. The molecule has 2 aliphatic rings. The van der Waals surface area contributed by atoms with Crippen LogP contribution in [0.15, 0.2) is 72.8 Å². The second-order valence-corrected chi connectivity index (χ2v) is 8.89. The van der Waals surface area contributed by atoms with Crippen molar-refractivity contribution in [3.05, 3.63) is 89.7 Å². The summed E-state index contributed by atoms with van der Waals surface area (Å²) in [5.41, 5.74) is 2.61. The summed E-state index contributed by atoms with van der Waals surface area (Å²) in [5, 5.41) is 0. The summed E-state index contributed by atoms with van der Waals surface area (Å²) in [6.45, 7) is 2.65. The van der Waals surface area contributed by atoms with Gasteiger partial charge in [-0.25, -0.2) is 9.29 Å². The predicted molar refractivity (Wildman–Crippen MR) is 134 cm³/mol. The molecule has 2 amide bonds. The van der Waals surface area contributed by atoms with Crippen molar-refractivity contribution >= 4 is 29.0 Å². The standard InChI is InChI=1S/C28H26FN3O4/c1-36-24-12-4-20(5-13-24)27(34)19-2-8-22(9-3-19)30-14-16-31(17-15-30)25-18-26(33)32(28(25)35)23-10-6-21(29)7-11-23/h2-13,25H,14-18H2,1H3. The highest BCUT2D eigenvalue weighted by atomic mass is 19.1. The Hall–Kier alpha value is -4.04. The zero-order chi connectivity index (χ0) is 25.2. The van der Waals surface area contributed by atoms with Gasteiger partial charge in [0.15, 0.2) is 5.78 Å². The molecular formula is C28H26FN3O4. The molecule has 0 radical (unpaired) electrons. The highest BCUT2D eigenvalue weighted by molar-refractivity contribution is 6.22. The van der Waals surface area contributed by atoms with Gasteiger partial charge in [-0.2, -0.15) is 0 Å². The van der Waals surface area contributed by atoms with E-state index >= 15 is 0 Å². The molecule has 2 saturated heterocycles.